The highest BCUT2D eigenvalue weighted by molar-refractivity contribution is 7.99. The van der Waals surface area contributed by atoms with E-state index in [0.717, 1.165) is 13.1 Å². The standard InChI is InChI=1S/C11H24N2S2/c1-2-3-4-5-6-12-7-9-13(10-8-12)11(14)15/h11,14-15H,2-10H2,1H3. The first-order valence-corrected chi connectivity index (χ1v) is 7.10. The van der Waals surface area contributed by atoms with E-state index in [2.05, 4.69) is 42.0 Å². The van der Waals surface area contributed by atoms with Gasteiger partial charge >= 0.3 is 0 Å². The van der Waals surface area contributed by atoms with Crippen molar-refractivity contribution in [1.29, 1.82) is 0 Å². The summed E-state index contributed by atoms with van der Waals surface area (Å²) in [6.07, 6.45) is 5.46. The Labute approximate surface area is 105 Å². The molecule has 1 fully saturated rings. The molecule has 0 aromatic heterocycles. The van der Waals surface area contributed by atoms with Gasteiger partial charge in [0.05, 0.1) is 4.71 Å². The number of thiol groups is 2. The first kappa shape index (κ1) is 13.7. The number of unbranched alkanes of at least 4 members (excludes halogenated alkanes) is 3. The van der Waals surface area contributed by atoms with Gasteiger partial charge in [0.25, 0.3) is 0 Å². The molecule has 15 heavy (non-hydrogen) atoms. The molecule has 0 spiro atoms. The molecule has 0 unspecified atom stereocenters. The Morgan fingerprint density at radius 1 is 1.00 bits per heavy atom. The highest BCUT2D eigenvalue weighted by Gasteiger charge is 2.18. The van der Waals surface area contributed by atoms with Crippen LogP contribution in [0.5, 0.6) is 0 Å². The second-order valence-corrected chi connectivity index (χ2v) is 5.67. The lowest BCUT2D eigenvalue weighted by Crippen LogP contribution is -2.47. The minimum Gasteiger partial charge on any atom is -0.301 e. The molecule has 1 aliphatic heterocycles. The first-order chi connectivity index (χ1) is 7.24. The van der Waals surface area contributed by atoms with Gasteiger partial charge in [-0.1, -0.05) is 26.2 Å². The van der Waals surface area contributed by atoms with Crippen molar-refractivity contribution in [3.8, 4) is 0 Å². The Kier molecular flexibility index (Phi) is 7.14. The predicted molar refractivity (Wildman–Crippen MR) is 73.9 cm³/mol. The van der Waals surface area contributed by atoms with Crippen LogP contribution in [0.4, 0.5) is 0 Å². The third-order valence-corrected chi connectivity index (χ3v) is 3.71. The van der Waals surface area contributed by atoms with Crippen LogP contribution in [0, 0.1) is 0 Å². The van der Waals surface area contributed by atoms with Crippen molar-refractivity contribution in [2.24, 2.45) is 0 Å². The topological polar surface area (TPSA) is 6.48 Å². The molecule has 0 aromatic carbocycles. The normalized spacial score (nSPS) is 20.0. The Hall–Kier alpha value is 0.620. The van der Waals surface area contributed by atoms with E-state index in [9.17, 15) is 0 Å². The van der Waals surface area contributed by atoms with Crippen molar-refractivity contribution in [3.05, 3.63) is 0 Å². The van der Waals surface area contributed by atoms with Crippen LogP contribution < -0.4 is 0 Å². The quantitative estimate of drug-likeness (QED) is 0.423. The van der Waals surface area contributed by atoms with E-state index in [4.69, 9.17) is 0 Å². The van der Waals surface area contributed by atoms with Crippen LogP contribution in [-0.2, 0) is 0 Å². The van der Waals surface area contributed by atoms with Gasteiger partial charge in [0, 0.05) is 26.2 Å². The molecule has 0 saturated carbocycles. The molecule has 0 N–H and O–H groups in total. The lowest BCUT2D eigenvalue weighted by molar-refractivity contribution is 0.141. The van der Waals surface area contributed by atoms with Crippen molar-refractivity contribution in [2.45, 2.75) is 37.3 Å². The van der Waals surface area contributed by atoms with E-state index >= 15 is 0 Å². The molecular weight excluding hydrogens is 224 g/mol. The van der Waals surface area contributed by atoms with Crippen molar-refractivity contribution >= 4 is 25.3 Å². The molecule has 1 aliphatic rings. The maximum Gasteiger partial charge on any atom is 0.0970 e. The van der Waals surface area contributed by atoms with Crippen molar-refractivity contribution in [2.75, 3.05) is 32.7 Å². The van der Waals surface area contributed by atoms with Gasteiger partial charge in [0.15, 0.2) is 0 Å². The molecule has 90 valence electrons. The lowest BCUT2D eigenvalue weighted by atomic mass is 10.2. The molecule has 0 bridgehead atoms. The monoisotopic (exact) mass is 248 g/mol. The van der Waals surface area contributed by atoms with E-state index in [1.54, 1.807) is 0 Å². The Balaban J connectivity index is 2.04. The number of rotatable bonds is 6. The molecule has 1 saturated heterocycles. The summed E-state index contributed by atoms with van der Waals surface area (Å²) in [5.74, 6) is 0. The Morgan fingerprint density at radius 2 is 1.67 bits per heavy atom. The molecule has 0 atom stereocenters. The minimum atomic E-state index is 0.118. The molecule has 2 nitrogen and oxygen atoms in total. The van der Waals surface area contributed by atoms with Crippen LogP contribution in [0.25, 0.3) is 0 Å². The van der Waals surface area contributed by atoms with Gasteiger partial charge in [-0.2, -0.15) is 0 Å². The fourth-order valence-corrected chi connectivity index (χ4v) is 2.44. The Bertz CT molecular complexity index is 157. The molecule has 0 radical (unpaired) electrons. The van der Waals surface area contributed by atoms with Gasteiger partial charge < -0.3 is 4.90 Å². The van der Waals surface area contributed by atoms with Gasteiger partial charge in [-0.25, -0.2) is 0 Å². The zero-order valence-electron chi connectivity index (χ0n) is 9.73. The summed E-state index contributed by atoms with van der Waals surface area (Å²) in [5.41, 5.74) is 0. The maximum atomic E-state index is 4.34. The van der Waals surface area contributed by atoms with Gasteiger partial charge in [0.2, 0.25) is 0 Å². The summed E-state index contributed by atoms with van der Waals surface area (Å²) in [6.45, 7) is 8.14. The molecular formula is C11H24N2S2. The van der Waals surface area contributed by atoms with Crippen LogP contribution in [0.3, 0.4) is 0 Å². The number of piperazine rings is 1. The molecule has 1 heterocycles. The molecule has 0 aromatic rings. The lowest BCUT2D eigenvalue weighted by Gasteiger charge is -2.36. The number of hydrogen-bond acceptors (Lipinski definition) is 4. The van der Waals surface area contributed by atoms with Crippen molar-refractivity contribution < 1.29 is 0 Å². The minimum absolute atomic E-state index is 0.118. The van der Waals surface area contributed by atoms with Crippen LogP contribution in [0.15, 0.2) is 0 Å². The molecule has 0 amide bonds. The fourth-order valence-electron chi connectivity index (χ4n) is 1.98. The Morgan fingerprint density at radius 3 is 2.20 bits per heavy atom. The average Bonchev–Trinajstić information content (AvgIpc) is 2.25. The average molecular weight is 248 g/mol. The van der Waals surface area contributed by atoms with Crippen LogP contribution in [0.1, 0.15) is 32.6 Å². The first-order valence-electron chi connectivity index (χ1n) is 6.06. The van der Waals surface area contributed by atoms with Gasteiger partial charge in [-0.15, -0.1) is 25.3 Å². The third-order valence-electron chi connectivity index (χ3n) is 3.06. The second kappa shape index (κ2) is 7.82. The van der Waals surface area contributed by atoms with E-state index in [-0.39, 0.29) is 4.71 Å². The van der Waals surface area contributed by atoms with Crippen molar-refractivity contribution in [3.63, 3.8) is 0 Å². The van der Waals surface area contributed by atoms with Crippen LogP contribution in [0.2, 0.25) is 0 Å². The van der Waals surface area contributed by atoms with E-state index in [1.807, 2.05) is 0 Å². The summed E-state index contributed by atoms with van der Waals surface area (Å²) in [5, 5.41) is 0. The predicted octanol–water partition coefficient (Wildman–Crippen LogP) is 2.33. The SMILES string of the molecule is CCCCCCN1CCN(C(S)S)CC1. The number of hydrogen-bond donors (Lipinski definition) is 2. The summed E-state index contributed by atoms with van der Waals surface area (Å²) >= 11 is 8.68. The number of nitrogens with zero attached hydrogens (tertiary/aromatic N) is 2. The second-order valence-electron chi connectivity index (χ2n) is 4.28. The van der Waals surface area contributed by atoms with E-state index in [0.29, 0.717) is 0 Å². The molecule has 1 rings (SSSR count). The highest BCUT2D eigenvalue weighted by Crippen LogP contribution is 2.12. The summed E-state index contributed by atoms with van der Waals surface area (Å²) < 4.78 is 0.118. The third kappa shape index (κ3) is 5.48. The fraction of sp³-hybridized carbons (Fsp3) is 1.00. The van der Waals surface area contributed by atoms with Gasteiger partial charge in [0.1, 0.15) is 0 Å². The highest BCUT2D eigenvalue weighted by atomic mass is 32.2. The van der Waals surface area contributed by atoms with Crippen LogP contribution >= 0.6 is 25.3 Å². The summed E-state index contributed by atoms with van der Waals surface area (Å²) in [4.78, 5) is 4.88. The zero-order valence-corrected chi connectivity index (χ0v) is 11.5. The maximum absolute atomic E-state index is 4.34. The van der Waals surface area contributed by atoms with E-state index in [1.165, 1.54) is 45.3 Å². The van der Waals surface area contributed by atoms with Crippen LogP contribution in [-0.4, -0.2) is 47.2 Å². The van der Waals surface area contributed by atoms with Gasteiger partial charge in [-0.05, 0) is 13.0 Å². The van der Waals surface area contributed by atoms with Crippen molar-refractivity contribution in [1.82, 2.24) is 9.80 Å². The van der Waals surface area contributed by atoms with E-state index < -0.39 is 0 Å². The zero-order chi connectivity index (χ0) is 11.1. The molecule has 0 aliphatic carbocycles. The molecule has 4 heteroatoms. The smallest absolute Gasteiger partial charge is 0.0970 e. The largest absolute Gasteiger partial charge is 0.301 e. The van der Waals surface area contributed by atoms with Gasteiger partial charge in [-0.3, -0.25) is 4.90 Å². The summed E-state index contributed by atoms with van der Waals surface area (Å²) in [7, 11) is 0. The summed E-state index contributed by atoms with van der Waals surface area (Å²) in [6, 6.07) is 0.